The van der Waals surface area contributed by atoms with Crippen LogP contribution >= 0.6 is 15.9 Å². The summed E-state index contributed by atoms with van der Waals surface area (Å²) in [6, 6.07) is 4.55. The third-order valence-corrected chi connectivity index (χ3v) is 3.07. The maximum Gasteiger partial charge on any atom is 0.306 e. The zero-order valence-electron chi connectivity index (χ0n) is 9.33. The highest BCUT2D eigenvalue weighted by Gasteiger charge is 2.19. The minimum absolute atomic E-state index is 0.195. The molecule has 3 N–H and O–H groups in total. The molecule has 0 radical (unpaired) electrons. The summed E-state index contributed by atoms with van der Waals surface area (Å²) in [7, 11) is 0. The summed E-state index contributed by atoms with van der Waals surface area (Å²) in [6.07, 6.45) is 1.30. The van der Waals surface area contributed by atoms with E-state index in [0.29, 0.717) is 24.9 Å². The molecule has 5 heteroatoms. The minimum Gasteiger partial charge on any atom is -0.481 e. The zero-order chi connectivity index (χ0) is 12.8. The minimum atomic E-state index is -0.905. The third kappa shape index (κ3) is 4.44. The molecule has 1 aromatic rings. The van der Waals surface area contributed by atoms with Gasteiger partial charge in [-0.15, -0.1) is 0 Å². The Kier molecular flexibility index (Phi) is 5.58. The van der Waals surface area contributed by atoms with Gasteiger partial charge in [0.2, 0.25) is 0 Å². The van der Waals surface area contributed by atoms with Crippen LogP contribution in [0.4, 0.5) is 4.39 Å². The standard InChI is InChI=1S/C12H15BrFNO2/c13-10-3-4-11(14)9(7-10)6-8(12(16)17)2-1-5-15/h3-4,7-8H,1-2,5-6,15H2,(H,16,17). The second-order valence-corrected chi connectivity index (χ2v) is 4.82. The maximum atomic E-state index is 13.5. The second-order valence-electron chi connectivity index (χ2n) is 3.91. The Labute approximate surface area is 108 Å². The van der Waals surface area contributed by atoms with Crippen molar-refractivity contribution < 1.29 is 14.3 Å². The summed E-state index contributed by atoms with van der Waals surface area (Å²) in [6.45, 7) is 0.449. The van der Waals surface area contributed by atoms with Gasteiger partial charge in [0.05, 0.1) is 5.92 Å². The van der Waals surface area contributed by atoms with E-state index in [1.165, 1.54) is 6.07 Å². The molecule has 1 rings (SSSR count). The Balaban J connectivity index is 2.78. The molecular weight excluding hydrogens is 289 g/mol. The van der Waals surface area contributed by atoms with Crippen LogP contribution < -0.4 is 5.73 Å². The van der Waals surface area contributed by atoms with Crippen LogP contribution in [0.2, 0.25) is 0 Å². The van der Waals surface area contributed by atoms with E-state index in [-0.39, 0.29) is 12.2 Å². The van der Waals surface area contributed by atoms with E-state index in [1.54, 1.807) is 12.1 Å². The van der Waals surface area contributed by atoms with E-state index in [4.69, 9.17) is 10.8 Å². The largest absolute Gasteiger partial charge is 0.481 e. The lowest BCUT2D eigenvalue weighted by atomic mass is 9.94. The molecule has 0 saturated carbocycles. The lowest BCUT2D eigenvalue weighted by molar-refractivity contribution is -0.141. The third-order valence-electron chi connectivity index (χ3n) is 2.58. The molecule has 0 aliphatic rings. The summed E-state index contributed by atoms with van der Waals surface area (Å²) < 4.78 is 14.2. The average Bonchev–Trinajstić information content (AvgIpc) is 2.28. The number of halogens is 2. The van der Waals surface area contributed by atoms with Gasteiger partial charge in [-0.1, -0.05) is 15.9 Å². The van der Waals surface area contributed by atoms with Crippen LogP contribution in [0, 0.1) is 11.7 Å². The molecule has 94 valence electrons. The molecule has 1 atom stereocenters. The predicted octanol–water partition coefficient (Wildman–Crippen LogP) is 2.57. The molecule has 0 aliphatic heterocycles. The molecule has 0 bridgehead atoms. The summed E-state index contributed by atoms with van der Waals surface area (Å²) >= 11 is 3.24. The van der Waals surface area contributed by atoms with Crippen molar-refractivity contribution in [2.45, 2.75) is 19.3 Å². The Bertz CT molecular complexity index is 398. The van der Waals surface area contributed by atoms with Crippen molar-refractivity contribution in [3.05, 3.63) is 34.1 Å². The first-order valence-corrected chi connectivity index (χ1v) is 6.20. The van der Waals surface area contributed by atoms with Gasteiger partial charge >= 0.3 is 5.97 Å². The lowest BCUT2D eigenvalue weighted by Gasteiger charge is -2.12. The maximum absolute atomic E-state index is 13.5. The lowest BCUT2D eigenvalue weighted by Crippen LogP contribution is -2.18. The summed E-state index contributed by atoms with van der Waals surface area (Å²) in [5.41, 5.74) is 5.77. The van der Waals surface area contributed by atoms with Gasteiger partial charge in [-0.3, -0.25) is 4.79 Å². The number of nitrogens with two attached hydrogens (primary N) is 1. The number of benzene rings is 1. The molecule has 0 heterocycles. The van der Waals surface area contributed by atoms with Gasteiger partial charge < -0.3 is 10.8 Å². The number of carboxylic acid groups (broad SMARTS) is 1. The molecular formula is C12H15BrFNO2. The van der Waals surface area contributed by atoms with Crippen molar-refractivity contribution >= 4 is 21.9 Å². The molecule has 1 unspecified atom stereocenters. The predicted molar refractivity (Wildman–Crippen MR) is 67.2 cm³/mol. The number of aliphatic carboxylic acids is 1. The molecule has 0 amide bonds. The highest BCUT2D eigenvalue weighted by Crippen LogP contribution is 2.21. The Morgan fingerprint density at radius 3 is 2.82 bits per heavy atom. The number of hydrogen-bond donors (Lipinski definition) is 2. The average molecular weight is 304 g/mol. The highest BCUT2D eigenvalue weighted by molar-refractivity contribution is 9.10. The first-order valence-electron chi connectivity index (χ1n) is 5.41. The van der Waals surface area contributed by atoms with Gasteiger partial charge in [0.25, 0.3) is 0 Å². The summed E-state index contributed by atoms with van der Waals surface area (Å²) in [4.78, 5) is 11.0. The van der Waals surface area contributed by atoms with E-state index in [0.717, 1.165) is 4.47 Å². The van der Waals surface area contributed by atoms with Gasteiger partial charge in [0.1, 0.15) is 5.82 Å². The molecule has 0 spiro atoms. The van der Waals surface area contributed by atoms with Crippen LogP contribution in [0.15, 0.2) is 22.7 Å². The Hall–Kier alpha value is -0.940. The molecule has 0 saturated heterocycles. The fourth-order valence-corrected chi connectivity index (χ4v) is 2.05. The fourth-order valence-electron chi connectivity index (χ4n) is 1.64. The zero-order valence-corrected chi connectivity index (χ0v) is 10.9. The Morgan fingerprint density at radius 1 is 1.53 bits per heavy atom. The van der Waals surface area contributed by atoms with E-state index < -0.39 is 11.9 Å². The van der Waals surface area contributed by atoms with Gasteiger partial charge in [-0.2, -0.15) is 0 Å². The number of carbonyl (C=O) groups is 1. The second kappa shape index (κ2) is 6.71. The molecule has 0 aromatic heterocycles. The number of rotatable bonds is 6. The van der Waals surface area contributed by atoms with E-state index in [1.807, 2.05) is 0 Å². The van der Waals surface area contributed by atoms with Crippen LogP contribution in [0.5, 0.6) is 0 Å². The fraction of sp³-hybridized carbons (Fsp3) is 0.417. The van der Waals surface area contributed by atoms with E-state index >= 15 is 0 Å². The normalized spacial score (nSPS) is 12.4. The highest BCUT2D eigenvalue weighted by atomic mass is 79.9. The monoisotopic (exact) mass is 303 g/mol. The molecule has 0 aliphatic carbocycles. The SMILES string of the molecule is NCCCC(Cc1cc(Br)ccc1F)C(=O)O. The van der Waals surface area contributed by atoms with Crippen LogP contribution in [0.1, 0.15) is 18.4 Å². The van der Waals surface area contributed by atoms with Gasteiger partial charge in [-0.05, 0) is 49.6 Å². The number of carboxylic acids is 1. The van der Waals surface area contributed by atoms with Crippen LogP contribution in [0.25, 0.3) is 0 Å². The van der Waals surface area contributed by atoms with Crippen LogP contribution in [-0.2, 0) is 11.2 Å². The van der Waals surface area contributed by atoms with Crippen molar-refractivity contribution in [1.82, 2.24) is 0 Å². The van der Waals surface area contributed by atoms with Crippen LogP contribution in [-0.4, -0.2) is 17.6 Å². The van der Waals surface area contributed by atoms with Gasteiger partial charge in [0.15, 0.2) is 0 Å². The van der Waals surface area contributed by atoms with Crippen molar-refractivity contribution in [1.29, 1.82) is 0 Å². The van der Waals surface area contributed by atoms with E-state index in [2.05, 4.69) is 15.9 Å². The Morgan fingerprint density at radius 2 is 2.24 bits per heavy atom. The topological polar surface area (TPSA) is 63.3 Å². The molecule has 0 fully saturated rings. The van der Waals surface area contributed by atoms with E-state index in [9.17, 15) is 9.18 Å². The number of hydrogen-bond acceptors (Lipinski definition) is 2. The van der Waals surface area contributed by atoms with Crippen molar-refractivity contribution in [2.24, 2.45) is 11.7 Å². The summed E-state index contributed by atoms with van der Waals surface area (Å²) in [5.74, 6) is -1.85. The van der Waals surface area contributed by atoms with Crippen LogP contribution in [0.3, 0.4) is 0 Å². The van der Waals surface area contributed by atoms with Crippen molar-refractivity contribution in [3.63, 3.8) is 0 Å². The van der Waals surface area contributed by atoms with Crippen molar-refractivity contribution in [2.75, 3.05) is 6.54 Å². The van der Waals surface area contributed by atoms with Gasteiger partial charge in [0, 0.05) is 4.47 Å². The van der Waals surface area contributed by atoms with Gasteiger partial charge in [-0.25, -0.2) is 4.39 Å². The molecule has 17 heavy (non-hydrogen) atoms. The molecule has 3 nitrogen and oxygen atoms in total. The van der Waals surface area contributed by atoms with Crippen molar-refractivity contribution in [3.8, 4) is 0 Å². The first kappa shape index (κ1) is 14.1. The summed E-state index contributed by atoms with van der Waals surface area (Å²) in [5, 5.41) is 9.05. The quantitative estimate of drug-likeness (QED) is 0.849. The molecule has 1 aromatic carbocycles. The smallest absolute Gasteiger partial charge is 0.306 e. The first-order chi connectivity index (χ1) is 8.04.